The highest BCUT2D eigenvalue weighted by atomic mass is 19.2. The maximum Gasteiger partial charge on any atom is 0.326 e. The number of carbonyl (C=O) groups is 1. The largest absolute Gasteiger partial charge is 0.493 e. The summed E-state index contributed by atoms with van der Waals surface area (Å²) in [6, 6.07) is 21.6. The molecule has 5 rings (SSSR count). The summed E-state index contributed by atoms with van der Waals surface area (Å²) in [5.74, 6) is -1.81. The first-order chi connectivity index (χ1) is 19.3. The van der Waals surface area contributed by atoms with E-state index in [1.807, 2.05) is 42.5 Å². The van der Waals surface area contributed by atoms with Crippen LogP contribution in [0.1, 0.15) is 46.1 Å². The fraction of sp³-hybridized carbons (Fsp3) is 0.194. The first-order valence-electron chi connectivity index (χ1n) is 12.9. The molecule has 204 valence electrons. The summed E-state index contributed by atoms with van der Waals surface area (Å²) in [5, 5.41) is 2.86. The summed E-state index contributed by atoms with van der Waals surface area (Å²) < 4.78 is 34.8. The van der Waals surface area contributed by atoms with Gasteiger partial charge < -0.3 is 15.0 Å². The van der Waals surface area contributed by atoms with Crippen molar-refractivity contribution in [3.05, 3.63) is 130 Å². The molecule has 1 amide bonds. The zero-order valence-corrected chi connectivity index (χ0v) is 22.0. The summed E-state index contributed by atoms with van der Waals surface area (Å²) >= 11 is 0. The number of fused-ring (bicyclic) bond motifs is 1. The van der Waals surface area contributed by atoms with Crippen LogP contribution >= 0.6 is 0 Å². The number of pyridine rings is 1. The Bertz CT molecular complexity index is 1720. The van der Waals surface area contributed by atoms with E-state index in [4.69, 9.17) is 4.74 Å². The average Bonchev–Trinajstić information content (AvgIpc) is 3.25. The number of imidazole rings is 1. The number of rotatable bonds is 9. The molecule has 0 saturated carbocycles. The molecule has 2 N–H and O–H groups in total. The monoisotopic (exact) mass is 542 g/mol. The van der Waals surface area contributed by atoms with Crippen molar-refractivity contribution in [2.45, 2.75) is 25.3 Å². The molecule has 0 bridgehead atoms. The Kier molecular flexibility index (Phi) is 7.72. The van der Waals surface area contributed by atoms with Crippen LogP contribution in [-0.2, 0) is 13.5 Å². The van der Waals surface area contributed by atoms with E-state index in [0.29, 0.717) is 41.1 Å². The van der Waals surface area contributed by atoms with Crippen LogP contribution in [0.2, 0.25) is 0 Å². The maximum absolute atomic E-state index is 13.7. The van der Waals surface area contributed by atoms with Crippen molar-refractivity contribution in [2.75, 3.05) is 6.61 Å². The van der Waals surface area contributed by atoms with Gasteiger partial charge in [0.05, 0.1) is 34.9 Å². The number of hydrogen-bond acceptors (Lipinski definition) is 4. The van der Waals surface area contributed by atoms with Gasteiger partial charge in [-0.3, -0.25) is 14.3 Å². The number of H-pyrrole nitrogens is 1. The molecular weight excluding hydrogens is 514 g/mol. The first-order valence-corrected chi connectivity index (χ1v) is 12.9. The number of amides is 1. The minimum Gasteiger partial charge on any atom is -0.493 e. The van der Waals surface area contributed by atoms with Gasteiger partial charge >= 0.3 is 5.69 Å². The van der Waals surface area contributed by atoms with Gasteiger partial charge in [0.15, 0.2) is 11.6 Å². The van der Waals surface area contributed by atoms with Gasteiger partial charge in [-0.25, -0.2) is 13.6 Å². The van der Waals surface area contributed by atoms with Crippen LogP contribution in [0.3, 0.4) is 0 Å². The zero-order chi connectivity index (χ0) is 28.2. The fourth-order valence-corrected chi connectivity index (χ4v) is 4.68. The van der Waals surface area contributed by atoms with Gasteiger partial charge in [0.1, 0.15) is 5.75 Å². The number of halogens is 2. The Labute approximate surface area is 229 Å². The van der Waals surface area contributed by atoms with Gasteiger partial charge in [-0.15, -0.1) is 0 Å². The molecule has 5 aromatic rings. The van der Waals surface area contributed by atoms with Crippen molar-refractivity contribution in [1.29, 1.82) is 0 Å². The molecule has 0 saturated heterocycles. The van der Waals surface area contributed by atoms with E-state index in [0.717, 1.165) is 23.2 Å². The zero-order valence-electron chi connectivity index (χ0n) is 22.0. The van der Waals surface area contributed by atoms with E-state index in [-0.39, 0.29) is 17.5 Å². The third kappa shape index (κ3) is 5.78. The minimum absolute atomic E-state index is 0.142. The summed E-state index contributed by atoms with van der Waals surface area (Å²) in [6.07, 6.45) is 2.05. The van der Waals surface area contributed by atoms with Crippen LogP contribution in [0.4, 0.5) is 8.78 Å². The molecule has 0 radical (unpaired) electrons. The van der Waals surface area contributed by atoms with Crippen LogP contribution < -0.4 is 15.7 Å². The fourth-order valence-electron chi connectivity index (χ4n) is 4.68. The molecular formula is C31H28F2N4O3. The van der Waals surface area contributed by atoms with Crippen molar-refractivity contribution in [2.24, 2.45) is 7.05 Å². The van der Waals surface area contributed by atoms with E-state index in [1.54, 1.807) is 38.4 Å². The second-order valence-electron chi connectivity index (χ2n) is 9.66. The van der Waals surface area contributed by atoms with Gasteiger partial charge in [-0.05, 0) is 54.4 Å². The highest BCUT2D eigenvalue weighted by Gasteiger charge is 2.21. The Morgan fingerprint density at radius 1 is 1.00 bits per heavy atom. The molecule has 2 aromatic heterocycles. The standard InChI is InChI=1S/C31H28F2N4O3/c1-19(21-10-12-25(32)26(33)15-21)35-30(38)24-9-6-14-34-27(24)16-22(20-7-4-3-5-8-20)18-40-23-11-13-29-28(17-23)36-31(39)37(29)2/h3-15,17,19,22H,16,18H2,1-2H3,(H,35,38)(H,36,39)/t19-,22-/m0/s1. The van der Waals surface area contributed by atoms with E-state index in [9.17, 15) is 18.4 Å². The number of nitrogens with zero attached hydrogens (tertiary/aromatic N) is 2. The Morgan fingerprint density at radius 3 is 2.58 bits per heavy atom. The van der Waals surface area contributed by atoms with Crippen molar-refractivity contribution in [3.63, 3.8) is 0 Å². The van der Waals surface area contributed by atoms with Crippen molar-refractivity contribution in [1.82, 2.24) is 19.9 Å². The molecule has 2 atom stereocenters. The predicted octanol–water partition coefficient (Wildman–Crippen LogP) is 5.44. The van der Waals surface area contributed by atoms with Crippen LogP contribution in [0.25, 0.3) is 11.0 Å². The van der Waals surface area contributed by atoms with E-state index in [2.05, 4.69) is 15.3 Å². The Morgan fingerprint density at radius 2 is 1.80 bits per heavy atom. The van der Waals surface area contributed by atoms with E-state index >= 15 is 0 Å². The van der Waals surface area contributed by atoms with Crippen LogP contribution in [-0.4, -0.2) is 27.0 Å². The number of carbonyl (C=O) groups excluding carboxylic acids is 1. The molecule has 0 fully saturated rings. The topological polar surface area (TPSA) is 89.0 Å². The lowest BCUT2D eigenvalue weighted by Gasteiger charge is -2.20. The van der Waals surface area contributed by atoms with Crippen molar-refractivity contribution < 1.29 is 18.3 Å². The molecule has 0 unspecified atom stereocenters. The maximum atomic E-state index is 13.7. The highest BCUT2D eigenvalue weighted by molar-refractivity contribution is 5.95. The molecule has 0 spiro atoms. The van der Waals surface area contributed by atoms with Gasteiger partial charge in [0.2, 0.25) is 0 Å². The van der Waals surface area contributed by atoms with Crippen molar-refractivity contribution >= 4 is 16.9 Å². The number of nitrogens with one attached hydrogen (secondary N) is 2. The third-order valence-corrected chi connectivity index (χ3v) is 6.96. The molecule has 7 nitrogen and oxygen atoms in total. The third-order valence-electron chi connectivity index (χ3n) is 6.96. The lowest BCUT2D eigenvalue weighted by molar-refractivity contribution is 0.0938. The molecule has 3 aromatic carbocycles. The molecule has 9 heteroatoms. The van der Waals surface area contributed by atoms with E-state index in [1.165, 1.54) is 10.6 Å². The van der Waals surface area contributed by atoms with Crippen LogP contribution in [0.15, 0.2) is 89.9 Å². The molecule has 40 heavy (non-hydrogen) atoms. The lowest BCUT2D eigenvalue weighted by atomic mass is 9.93. The second-order valence-corrected chi connectivity index (χ2v) is 9.66. The molecule has 0 aliphatic carbocycles. The minimum atomic E-state index is -0.968. The van der Waals surface area contributed by atoms with Gasteiger partial charge in [0, 0.05) is 31.6 Å². The SMILES string of the molecule is C[C@H](NC(=O)c1cccnc1C[C@@H](COc1ccc2c(c1)[nH]c(=O)n2C)c1ccccc1)c1ccc(F)c(F)c1. The quantitative estimate of drug-likeness (QED) is 0.260. The number of aryl methyl sites for hydroxylation is 1. The highest BCUT2D eigenvalue weighted by Crippen LogP contribution is 2.26. The van der Waals surface area contributed by atoms with Gasteiger partial charge in [0.25, 0.3) is 5.91 Å². The summed E-state index contributed by atoms with van der Waals surface area (Å²) in [7, 11) is 1.70. The number of aromatic amines is 1. The van der Waals surface area contributed by atoms with Crippen molar-refractivity contribution in [3.8, 4) is 5.75 Å². The first kappa shape index (κ1) is 26.8. The van der Waals surface area contributed by atoms with E-state index < -0.39 is 17.7 Å². The Hall–Kier alpha value is -4.79. The number of ether oxygens (including phenoxy) is 1. The number of aromatic nitrogens is 3. The molecule has 0 aliphatic rings. The predicted molar refractivity (Wildman–Crippen MR) is 148 cm³/mol. The molecule has 2 heterocycles. The smallest absolute Gasteiger partial charge is 0.326 e. The molecule has 0 aliphatic heterocycles. The number of hydrogen-bond donors (Lipinski definition) is 2. The summed E-state index contributed by atoms with van der Waals surface area (Å²) in [5.41, 5.74) is 3.70. The average molecular weight is 543 g/mol. The Balaban J connectivity index is 1.36. The van der Waals surface area contributed by atoms with Gasteiger partial charge in [-0.2, -0.15) is 0 Å². The van der Waals surface area contributed by atoms with Crippen LogP contribution in [0.5, 0.6) is 5.75 Å². The second kappa shape index (κ2) is 11.5. The normalized spacial score (nSPS) is 12.7. The van der Waals surface area contributed by atoms with Crippen LogP contribution in [0, 0.1) is 11.6 Å². The summed E-state index contributed by atoms with van der Waals surface area (Å²) in [6.45, 7) is 2.01. The number of benzene rings is 3. The summed E-state index contributed by atoms with van der Waals surface area (Å²) in [4.78, 5) is 32.6. The van der Waals surface area contributed by atoms with Gasteiger partial charge in [-0.1, -0.05) is 36.4 Å². The lowest BCUT2D eigenvalue weighted by Crippen LogP contribution is -2.28.